The Morgan fingerprint density at radius 1 is 1.45 bits per heavy atom. The molecular formula is C13H24N6O. The molecule has 1 aliphatic heterocycles. The number of likely N-dealkylation sites (N-methyl/N-ethyl adjacent to an activating group) is 1. The SMILES string of the molecule is CCN1CCCC(Nc2cc(NN)nc(COC)n2)C1. The van der Waals surface area contributed by atoms with E-state index in [1.807, 2.05) is 6.07 Å². The summed E-state index contributed by atoms with van der Waals surface area (Å²) < 4.78 is 5.08. The maximum Gasteiger partial charge on any atom is 0.158 e. The van der Waals surface area contributed by atoms with Gasteiger partial charge in [-0.25, -0.2) is 15.8 Å². The van der Waals surface area contributed by atoms with Crippen LogP contribution in [-0.4, -0.2) is 47.7 Å². The second-order valence-corrected chi connectivity index (χ2v) is 5.01. The predicted molar refractivity (Wildman–Crippen MR) is 79.3 cm³/mol. The Bertz CT molecular complexity index is 427. The van der Waals surface area contributed by atoms with Crippen molar-refractivity contribution in [1.29, 1.82) is 0 Å². The fourth-order valence-electron chi connectivity index (χ4n) is 2.51. The standard InChI is InChI=1S/C13H24N6O/c1-3-19-6-4-5-10(8-19)15-11-7-12(18-14)17-13(16-11)9-20-2/h7,10H,3-6,8-9,14H2,1-2H3,(H2,15,16,17,18). The first-order chi connectivity index (χ1) is 9.75. The lowest BCUT2D eigenvalue weighted by molar-refractivity contribution is 0.178. The van der Waals surface area contributed by atoms with Crippen molar-refractivity contribution in [1.82, 2.24) is 14.9 Å². The molecule has 20 heavy (non-hydrogen) atoms. The van der Waals surface area contributed by atoms with E-state index in [1.165, 1.54) is 13.0 Å². The van der Waals surface area contributed by atoms with Crippen molar-refractivity contribution in [3.63, 3.8) is 0 Å². The number of piperidine rings is 1. The van der Waals surface area contributed by atoms with Crippen LogP contribution in [0.25, 0.3) is 0 Å². The highest BCUT2D eigenvalue weighted by molar-refractivity contribution is 5.47. The van der Waals surface area contributed by atoms with Crippen LogP contribution in [0.15, 0.2) is 6.07 Å². The molecule has 1 aromatic rings. The van der Waals surface area contributed by atoms with Crippen LogP contribution in [0.3, 0.4) is 0 Å². The van der Waals surface area contributed by atoms with Crippen LogP contribution in [0.1, 0.15) is 25.6 Å². The Kier molecular flexibility index (Phi) is 5.51. The normalized spacial score (nSPS) is 19.9. The van der Waals surface area contributed by atoms with Gasteiger partial charge in [-0.1, -0.05) is 6.92 Å². The minimum atomic E-state index is 0.371. The molecule has 2 heterocycles. The lowest BCUT2D eigenvalue weighted by Gasteiger charge is -2.32. The molecule has 1 atom stereocenters. The molecule has 4 N–H and O–H groups in total. The van der Waals surface area contributed by atoms with E-state index in [1.54, 1.807) is 7.11 Å². The van der Waals surface area contributed by atoms with E-state index in [-0.39, 0.29) is 0 Å². The number of hydrazine groups is 1. The Morgan fingerprint density at radius 2 is 2.25 bits per heavy atom. The zero-order valence-electron chi connectivity index (χ0n) is 12.2. The molecule has 1 aromatic heterocycles. The predicted octanol–water partition coefficient (Wildman–Crippen LogP) is 0.805. The van der Waals surface area contributed by atoms with Crippen LogP contribution in [0.4, 0.5) is 11.6 Å². The summed E-state index contributed by atoms with van der Waals surface area (Å²) in [6.45, 7) is 5.89. The van der Waals surface area contributed by atoms with Crippen molar-refractivity contribution in [2.45, 2.75) is 32.4 Å². The number of hydrogen-bond acceptors (Lipinski definition) is 7. The molecular weight excluding hydrogens is 256 g/mol. The molecule has 0 aromatic carbocycles. The molecule has 0 saturated carbocycles. The number of nitrogens with one attached hydrogen (secondary N) is 2. The zero-order chi connectivity index (χ0) is 14.4. The van der Waals surface area contributed by atoms with Crippen LogP contribution >= 0.6 is 0 Å². The summed E-state index contributed by atoms with van der Waals surface area (Å²) in [5.74, 6) is 7.45. The van der Waals surface area contributed by atoms with Gasteiger partial charge in [0, 0.05) is 25.8 Å². The number of anilines is 2. The fourth-order valence-corrected chi connectivity index (χ4v) is 2.51. The third-order valence-corrected chi connectivity index (χ3v) is 3.50. The molecule has 2 rings (SSSR count). The van der Waals surface area contributed by atoms with Crippen LogP contribution in [0, 0.1) is 0 Å². The van der Waals surface area contributed by atoms with E-state index in [2.05, 4.69) is 32.5 Å². The van der Waals surface area contributed by atoms with Crippen molar-refractivity contribution in [3.05, 3.63) is 11.9 Å². The quantitative estimate of drug-likeness (QED) is 0.525. The maximum atomic E-state index is 5.44. The number of likely N-dealkylation sites (tertiary alicyclic amines) is 1. The maximum absolute atomic E-state index is 5.44. The highest BCUT2D eigenvalue weighted by Gasteiger charge is 2.19. The number of rotatable bonds is 6. The van der Waals surface area contributed by atoms with Crippen molar-refractivity contribution >= 4 is 11.6 Å². The zero-order valence-corrected chi connectivity index (χ0v) is 12.2. The third-order valence-electron chi connectivity index (χ3n) is 3.50. The Morgan fingerprint density at radius 3 is 2.95 bits per heavy atom. The smallest absolute Gasteiger partial charge is 0.158 e. The first-order valence-electron chi connectivity index (χ1n) is 7.07. The molecule has 7 heteroatoms. The second kappa shape index (κ2) is 7.37. The van der Waals surface area contributed by atoms with Crippen LogP contribution < -0.4 is 16.6 Å². The van der Waals surface area contributed by atoms with Gasteiger partial charge in [-0.2, -0.15) is 0 Å². The number of hydrogen-bond donors (Lipinski definition) is 3. The van der Waals surface area contributed by atoms with E-state index >= 15 is 0 Å². The topological polar surface area (TPSA) is 88.3 Å². The summed E-state index contributed by atoms with van der Waals surface area (Å²) >= 11 is 0. The lowest BCUT2D eigenvalue weighted by Crippen LogP contribution is -2.42. The van der Waals surface area contributed by atoms with Gasteiger partial charge < -0.3 is 20.4 Å². The van der Waals surface area contributed by atoms with E-state index in [0.717, 1.165) is 25.3 Å². The Hall–Kier alpha value is -1.44. The third kappa shape index (κ3) is 4.03. The van der Waals surface area contributed by atoms with Gasteiger partial charge in [0.15, 0.2) is 5.82 Å². The van der Waals surface area contributed by atoms with Gasteiger partial charge in [0.05, 0.1) is 0 Å². The van der Waals surface area contributed by atoms with Crippen LogP contribution in [-0.2, 0) is 11.3 Å². The average molecular weight is 280 g/mol. The number of aromatic nitrogens is 2. The Labute approximate surface area is 119 Å². The highest BCUT2D eigenvalue weighted by atomic mass is 16.5. The minimum Gasteiger partial charge on any atom is -0.377 e. The monoisotopic (exact) mass is 280 g/mol. The van der Waals surface area contributed by atoms with Gasteiger partial charge in [0.2, 0.25) is 0 Å². The van der Waals surface area contributed by atoms with Gasteiger partial charge in [-0.05, 0) is 25.9 Å². The lowest BCUT2D eigenvalue weighted by atomic mass is 10.1. The summed E-state index contributed by atoms with van der Waals surface area (Å²) in [6, 6.07) is 2.24. The number of methoxy groups -OCH3 is 1. The summed E-state index contributed by atoms with van der Waals surface area (Å²) in [7, 11) is 1.62. The van der Waals surface area contributed by atoms with Crippen LogP contribution in [0.5, 0.6) is 0 Å². The number of ether oxygens (including phenoxy) is 1. The number of nitrogens with zero attached hydrogens (tertiary/aromatic N) is 3. The molecule has 0 spiro atoms. The molecule has 0 bridgehead atoms. The van der Waals surface area contributed by atoms with Gasteiger partial charge in [0.25, 0.3) is 0 Å². The van der Waals surface area contributed by atoms with Crippen molar-refractivity contribution in [3.8, 4) is 0 Å². The molecule has 7 nitrogen and oxygen atoms in total. The first kappa shape index (κ1) is 15.0. The van der Waals surface area contributed by atoms with Gasteiger partial charge in [-0.3, -0.25) is 0 Å². The van der Waals surface area contributed by atoms with E-state index in [4.69, 9.17) is 10.6 Å². The summed E-state index contributed by atoms with van der Waals surface area (Å²) in [4.78, 5) is 11.1. The number of nitrogens with two attached hydrogens (primary N) is 1. The number of nitrogen functional groups attached to an aromatic ring is 1. The molecule has 0 amide bonds. The largest absolute Gasteiger partial charge is 0.377 e. The molecule has 1 unspecified atom stereocenters. The summed E-state index contributed by atoms with van der Waals surface area (Å²) in [6.07, 6.45) is 2.37. The molecule has 0 radical (unpaired) electrons. The minimum absolute atomic E-state index is 0.371. The highest BCUT2D eigenvalue weighted by Crippen LogP contribution is 2.17. The molecule has 1 aliphatic rings. The van der Waals surface area contributed by atoms with E-state index < -0.39 is 0 Å². The first-order valence-corrected chi connectivity index (χ1v) is 7.07. The average Bonchev–Trinajstić information content (AvgIpc) is 2.47. The molecule has 112 valence electrons. The van der Waals surface area contributed by atoms with Gasteiger partial charge in [-0.15, -0.1) is 0 Å². The van der Waals surface area contributed by atoms with Gasteiger partial charge in [0.1, 0.15) is 18.2 Å². The van der Waals surface area contributed by atoms with Crippen LogP contribution in [0.2, 0.25) is 0 Å². The molecule has 1 saturated heterocycles. The van der Waals surface area contributed by atoms with Gasteiger partial charge >= 0.3 is 0 Å². The summed E-state index contributed by atoms with van der Waals surface area (Å²) in [5, 5.41) is 3.47. The fraction of sp³-hybridized carbons (Fsp3) is 0.692. The van der Waals surface area contributed by atoms with E-state index in [0.29, 0.717) is 24.3 Å². The van der Waals surface area contributed by atoms with Crippen molar-refractivity contribution in [2.24, 2.45) is 5.84 Å². The van der Waals surface area contributed by atoms with Crippen molar-refractivity contribution < 1.29 is 4.74 Å². The van der Waals surface area contributed by atoms with Crippen molar-refractivity contribution in [2.75, 3.05) is 37.5 Å². The second-order valence-electron chi connectivity index (χ2n) is 5.01. The molecule has 1 fully saturated rings. The van der Waals surface area contributed by atoms with E-state index in [9.17, 15) is 0 Å². The Balaban J connectivity index is 2.05. The summed E-state index contributed by atoms with van der Waals surface area (Å²) in [5.41, 5.74) is 2.57. The molecule has 0 aliphatic carbocycles.